The fourth-order valence-electron chi connectivity index (χ4n) is 3.22. The molecule has 0 spiro atoms. The molecule has 1 aromatic carbocycles. The Morgan fingerprint density at radius 2 is 1.90 bits per heavy atom. The maximum atomic E-state index is 10.7. The normalized spacial score (nSPS) is 23.4. The van der Waals surface area contributed by atoms with Gasteiger partial charge in [0.2, 0.25) is 0 Å². The summed E-state index contributed by atoms with van der Waals surface area (Å²) in [6, 6.07) is 8.55. The molecule has 2 aliphatic heterocycles. The van der Waals surface area contributed by atoms with Gasteiger partial charge in [0.25, 0.3) is 0 Å². The van der Waals surface area contributed by atoms with Crippen LogP contribution in [0.3, 0.4) is 0 Å². The molecule has 5 nitrogen and oxygen atoms in total. The molecule has 1 atom stereocenters. The van der Waals surface area contributed by atoms with Crippen molar-refractivity contribution in [1.82, 2.24) is 4.90 Å². The van der Waals surface area contributed by atoms with Gasteiger partial charge in [-0.3, -0.25) is 9.69 Å². The lowest BCUT2D eigenvalue weighted by molar-refractivity contribution is -0.136. The lowest BCUT2D eigenvalue weighted by Gasteiger charge is -2.32. The van der Waals surface area contributed by atoms with E-state index in [1.807, 2.05) is 24.3 Å². The van der Waals surface area contributed by atoms with Crippen molar-refractivity contribution in [3.8, 4) is 0 Å². The molecule has 0 saturated carbocycles. The maximum Gasteiger partial charge on any atom is 0.307 e. The molecule has 3 rings (SSSR count). The third-order valence-electron chi connectivity index (χ3n) is 4.38. The van der Waals surface area contributed by atoms with E-state index >= 15 is 0 Å². The van der Waals surface area contributed by atoms with E-state index in [1.165, 1.54) is 12.1 Å². The van der Waals surface area contributed by atoms with Crippen LogP contribution >= 0.6 is 0 Å². The highest BCUT2D eigenvalue weighted by atomic mass is 16.5. The van der Waals surface area contributed by atoms with Crippen molar-refractivity contribution in [2.75, 3.05) is 44.3 Å². The largest absolute Gasteiger partial charge is 0.481 e. The van der Waals surface area contributed by atoms with Crippen molar-refractivity contribution in [2.45, 2.75) is 18.9 Å². The molecule has 114 valence electrons. The highest BCUT2D eigenvalue weighted by molar-refractivity contribution is 5.70. The fraction of sp³-hybridized carbons (Fsp3) is 0.562. The number of carbonyl (C=O) groups is 1. The summed E-state index contributed by atoms with van der Waals surface area (Å²) in [7, 11) is 0. The predicted molar refractivity (Wildman–Crippen MR) is 80.8 cm³/mol. The van der Waals surface area contributed by atoms with Crippen LogP contribution in [0.15, 0.2) is 24.3 Å². The van der Waals surface area contributed by atoms with Gasteiger partial charge in [-0.1, -0.05) is 12.1 Å². The van der Waals surface area contributed by atoms with Gasteiger partial charge in [-0.05, 0) is 24.1 Å². The van der Waals surface area contributed by atoms with Crippen LogP contribution in [-0.2, 0) is 16.0 Å². The molecule has 0 aromatic heterocycles. The van der Waals surface area contributed by atoms with Crippen molar-refractivity contribution < 1.29 is 14.6 Å². The van der Waals surface area contributed by atoms with Crippen molar-refractivity contribution in [1.29, 1.82) is 0 Å². The number of hydrogen-bond acceptors (Lipinski definition) is 4. The Kier molecular flexibility index (Phi) is 4.41. The number of morpholine rings is 1. The number of rotatable bonds is 4. The van der Waals surface area contributed by atoms with Gasteiger partial charge in [0.1, 0.15) is 0 Å². The van der Waals surface area contributed by atoms with Gasteiger partial charge in [0, 0.05) is 37.9 Å². The first-order valence-corrected chi connectivity index (χ1v) is 7.60. The topological polar surface area (TPSA) is 53.0 Å². The van der Waals surface area contributed by atoms with Crippen LogP contribution in [0.1, 0.15) is 12.0 Å². The second kappa shape index (κ2) is 6.45. The molecule has 5 heteroatoms. The molecular formula is C16H22N2O3. The number of ether oxygens (including phenoxy) is 1. The minimum absolute atomic E-state index is 0.0939. The van der Waals surface area contributed by atoms with E-state index in [1.54, 1.807) is 0 Å². The van der Waals surface area contributed by atoms with Gasteiger partial charge < -0.3 is 14.7 Å². The first kappa shape index (κ1) is 14.4. The molecule has 0 aliphatic carbocycles. The Labute approximate surface area is 125 Å². The standard InChI is InChI=1S/C16H22N2O3/c19-16(20)11-13-1-3-14(4-2-13)18-6-5-15(12-18)17-7-9-21-10-8-17/h1-4,15H,5-12H2,(H,19,20)/t15-/m1/s1. The third-order valence-corrected chi connectivity index (χ3v) is 4.38. The van der Waals surface area contributed by atoms with E-state index in [9.17, 15) is 4.79 Å². The summed E-state index contributed by atoms with van der Waals surface area (Å²) >= 11 is 0. The highest BCUT2D eigenvalue weighted by Crippen LogP contribution is 2.24. The van der Waals surface area contributed by atoms with E-state index in [4.69, 9.17) is 9.84 Å². The van der Waals surface area contributed by atoms with Gasteiger partial charge in [0.15, 0.2) is 0 Å². The summed E-state index contributed by atoms with van der Waals surface area (Å²) in [4.78, 5) is 15.6. The number of carboxylic acids is 1. The van der Waals surface area contributed by atoms with Gasteiger partial charge in [-0.2, -0.15) is 0 Å². The van der Waals surface area contributed by atoms with Crippen LogP contribution in [0, 0.1) is 0 Å². The average Bonchev–Trinajstić information content (AvgIpc) is 2.98. The minimum Gasteiger partial charge on any atom is -0.481 e. The average molecular weight is 290 g/mol. The summed E-state index contributed by atoms with van der Waals surface area (Å²) < 4.78 is 5.41. The second-order valence-electron chi connectivity index (χ2n) is 5.77. The van der Waals surface area contributed by atoms with E-state index in [0.29, 0.717) is 6.04 Å². The number of nitrogens with zero attached hydrogens (tertiary/aromatic N) is 2. The smallest absolute Gasteiger partial charge is 0.307 e. The van der Waals surface area contributed by atoms with Gasteiger partial charge in [-0.15, -0.1) is 0 Å². The molecule has 2 heterocycles. The van der Waals surface area contributed by atoms with E-state index < -0.39 is 5.97 Å². The Bertz CT molecular complexity index is 483. The quantitative estimate of drug-likeness (QED) is 0.904. The molecule has 0 amide bonds. The Balaban J connectivity index is 1.59. The molecule has 0 unspecified atom stereocenters. The number of benzene rings is 1. The summed E-state index contributed by atoms with van der Waals surface area (Å²) in [5.74, 6) is -0.781. The first-order chi connectivity index (χ1) is 10.2. The monoisotopic (exact) mass is 290 g/mol. The summed E-state index contributed by atoms with van der Waals surface area (Å²) in [5, 5.41) is 8.80. The lowest BCUT2D eigenvalue weighted by atomic mass is 10.1. The molecule has 21 heavy (non-hydrogen) atoms. The summed E-state index contributed by atoms with van der Waals surface area (Å²) in [5.41, 5.74) is 2.05. The molecule has 1 aromatic rings. The summed E-state index contributed by atoms with van der Waals surface area (Å²) in [6.45, 7) is 5.89. The molecular weight excluding hydrogens is 268 g/mol. The minimum atomic E-state index is -0.781. The number of carboxylic acid groups (broad SMARTS) is 1. The van der Waals surface area contributed by atoms with Gasteiger partial charge >= 0.3 is 5.97 Å². The van der Waals surface area contributed by atoms with Crippen LogP contribution in [0.4, 0.5) is 5.69 Å². The van der Waals surface area contributed by atoms with Crippen molar-refractivity contribution in [3.63, 3.8) is 0 Å². The SMILES string of the molecule is O=C(O)Cc1ccc(N2CC[C@@H](N3CCOCC3)C2)cc1. The molecule has 2 aliphatic rings. The zero-order valence-corrected chi connectivity index (χ0v) is 12.2. The predicted octanol–water partition coefficient (Wildman–Crippen LogP) is 1.22. The van der Waals surface area contributed by atoms with Gasteiger partial charge in [0.05, 0.1) is 19.6 Å². The lowest BCUT2D eigenvalue weighted by Crippen LogP contribution is -2.44. The maximum absolute atomic E-state index is 10.7. The molecule has 2 fully saturated rings. The molecule has 2 saturated heterocycles. The third kappa shape index (κ3) is 3.54. The van der Waals surface area contributed by atoms with Crippen LogP contribution in [0.5, 0.6) is 0 Å². The Hall–Kier alpha value is -1.59. The van der Waals surface area contributed by atoms with E-state index in [0.717, 1.165) is 45.0 Å². The number of anilines is 1. The van der Waals surface area contributed by atoms with Gasteiger partial charge in [-0.25, -0.2) is 0 Å². The van der Waals surface area contributed by atoms with Crippen molar-refractivity contribution in [3.05, 3.63) is 29.8 Å². The van der Waals surface area contributed by atoms with Crippen LogP contribution in [0.25, 0.3) is 0 Å². The highest BCUT2D eigenvalue weighted by Gasteiger charge is 2.28. The van der Waals surface area contributed by atoms with E-state index in [2.05, 4.69) is 9.80 Å². The first-order valence-electron chi connectivity index (χ1n) is 7.60. The fourth-order valence-corrected chi connectivity index (χ4v) is 3.22. The van der Waals surface area contributed by atoms with Crippen LogP contribution < -0.4 is 4.90 Å². The summed E-state index contributed by atoms with van der Waals surface area (Å²) in [6.07, 6.45) is 1.29. The molecule has 0 radical (unpaired) electrons. The number of hydrogen-bond donors (Lipinski definition) is 1. The zero-order chi connectivity index (χ0) is 14.7. The van der Waals surface area contributed by atoms with E-state index in [-0.39, 0.29) is 6.42 Å². The molecule has 0 bridgehead atoms. The van der Waals surface area contributed by atoms with Crippen molar-refractivity contribution >= 4 is 11.7 Å². The van der Waals surface area contributed by atoms with Crippen LogP contribution in [0.2, 0.25) is 0 Å². The second-order valence-corrected chi connectivity index (χ2v) is 5.77. The van der Waals surface area contributed by atoms with Crippen LogP contribution in [-0.4, -0.2) is 61.4 Å². The zero-order valence-electron chi connectivity index (χ0n) is 12.2. The Morgan fingerprint density at radius 3 is 2.57 bits per heavy atom. The molecule has 1 N–H and O–H groups in total. The Morgan fingerprint density at radius 1 is 1.19 bits per heavy atom. The number of aliphatic carboxylic acids is 1. The van der Waals surface area contributed by atoms with Crippen molar-refractivity contribution in [2.24, 2.45) is 0 Å².